The summed E-state index contributed by atoms with van der Waals surface area (Å²) in [4.78, 5) is 11.5. The fourth-order valence-corrected chi connectivity index (χ4v) is 1.79. The molecule has 0 radical (unpaired) electrons. The highest BCUT2D eigenvalue weighted by atomic mass is 19.1. The third kappa shape index (κ3) is 5.87. The molecule has 0 spiro atoms. The average Bonchev–Trinajstić information content (AvgIpc) is 3.04. The number of nitrogens with one attached hydrogen (secondary N) is 2. The zero-order valence-electron chi connectivity index (χ0n) is 12.2. The zero-order valence-corrected chi connectivity index (χ0v) is 12.2. The second-order valence-electron chi connectivity index (χ2n) is 4.70. The van der Waals surface area contributed by atoms with E-state index in [0.29, 0.717) is 31.2 Å². The first-order valence-corrected chi connectivity index (χ1v) is 7.16. The van der Waals surface area contributed by atoms with E-state index in [1.54, 1.807) is 30.5 Å². The fourth-order valence-electron chi connectivity index (χ4n) is 1.79. The Morgan fingerprint density at radius 1 is 1.14 bits per heavy atom. The van der Waals surface area contributed by atoms with Gasteiger partial charge in [-0.25, -0.2) is 9.18 Å². The van der Waals surface area contributed by atoms with Crippen LogP contribution in [0.5, 0.6) is 5.75 Å². The number of rotatable bonds is 8. The number of unbranched alkanes of at least 4 members (excludes halogenated alkanes) is 1. The number of halogens is 1. The lowest BCUT2D eigenvalue weighted by molar-refractivity contribution is 0.238. The van der Waals surface area contributed by atoms with Crippen LogP contribution in [-0.2, 0) is 6.54 Å². The summed E-state index contributed by atoms with van der Waals surface area (Å²) in [6.45, 7) is 1.46. The lowest BCUT2D eigenvalue weighted by Crippen LogP contribution is -2.35. The molecule has 0 atom stereocenters. The van der Waals surface area contributed by atoms with Gasteiger partial charge in [-0.05, 0) is 49.2 Å². The van der Waals surface area contributed by atoms with E-state index in [9.17, 15) is 9.18 Å². The first-order valence-electron chi connectivity index (χ1n) is 7.16. The number of furan rings is 1. The van der Waals surface area contributed by atoms with Crippen molar-refractivity contribution in [2.24, 2.45) is 0 Å². The summed E-state index contributed by atoms with van der Waals surface area (Å²) >= 11 is 0. The van der Waals surface area contributed by atoms with Crippen LogP contribution in [0.25, 0.3) is 0 Å². The maximum atomic E-state index is 12.7. The Morgan fingerprint density at radius 3 is 2.68 bits per heavy atom. The van der Waals surface area contributed by atoms with E-state index in [4.69, 9.17) is 9.15 Å². The summed E-state index contributed by atoms with van der Waals surface area (Å²) in [5, 5.41) is 5.45. The monoisotopic (exact) mass is 306 g/mol. The lowest BCUT2D eigenvalue weighted by Gasteiger charge is -2.08. The van der Waals surface area contributed by atoms with Crippen LogP contribution in [0.1, 0.15) is 18.6 Å². The van der Waals surface area contributed by atoms with E-state index in [1.165, 1.54) is 12.1 Å². The number of amides is 2. The fraction of sp³-hybridized carbons (Fsp3) is 0.312. The lowest BCUT2D eigenvalue weighted by atomic mass is 10.3. The minimum atomic E-state index is -0.280. The molecule has 2 amide bonds. The summed E-state index contributed by atoms with van der Waals surface area (Å²) in [5.41, 5.74) is 0. The van der Waals surface area contributed by atoms with Crippen molar-refractivity contribution < 1.29 is 18.3 Å². The maximum Gasteiger partial charge on any atom is 0.315 e. The summed E-state index contributed by atoms with van der Waals surface area (Å²) in [7, 11) is 0. The highest BCUT2D eigenvalue weighted by Crippen LogP contribution is 2.11. The number of hydrogen-bond acceptors (Lipinski definition) is 3. The number of carbonyl (C=O) groups excluding carboxylic acids is 1. The van der Waals surface area contributed by atoms with Gasteiger partial charge in [-0.3, -0.25) is 0 Å². The molecule has 6 heteroatoms. The average molecular weight is 306 g/mol. The third-order valence-corrected chi connectivity index (χ3v) is 2.94. The Morgan fingerprint density at radius 2 is 1.95 bits per heavy atom. The van der Waals surface area contributed by atoms with Gasteiger partial charge in [-0.1, -0.05) is 0 Å². The Labute approximate surface area is 128 Å². The normalized spacial score (nSPS) is 10.2. The molecule has 0 bridgehead atoms. The van der Waals surface area contributed by atoms with Gasteiger partial charge >= 0.3 is 6.03 Å². The van der Waals surface area contributed by atoms with E-state index in [1.807, 2.05) is 0 Å². The summed E-state index contributed by atoms with van der Waals surface area (Å²) in [6.07, 6.45) is 3.17. The minimum absolute atomic E-state index is 0.226. The van der Waals surface area contributed by atoms with Crippen LogP contribution < -0.4 is 15.4 Å². The molecule has 22 heavy (non-hydrogen) atoms. The van der Waals surface area contributed by atoms with Crippen LogP contribution in [0.3, 0.4) is 0 Å². The molecule has 2 rings (SSSR count). The summed E-state index contributed by atoms with van der Waals surface area (Å²) in [5.74, 6) is 1.07. The van der Waals surface area contributed by atoms with Crippen LogP contribution in [0.4, 0.5) is 9.18 Å². The van der Waals surface area contributed by atoms with E-state index >= 15 is 0 Å². The molecule has 0 aliphatic rings. The van der Waals surface area contributed by atoms with E-state index in [0.717, 1.165) is 12.8 Å². The second kappa shape index (κ2) is 8.71. The van der Waals surface area contributed by atoms with Crippen molar-refractivity contribution in [3.05, 3.63) is 54.2 Å². The summed E-state index contributed by atoms with van der Waals surface area (Å²) < 4.78 is 23.3. The SMILES string of the molecule is O=C(NCCCCOc1ccc(F)cc1)NCc1ccco1. The van der Waals surface area contributed by atoms with Gasteiger partial charge in [0.1, 0.15) is 17.3 Å². The molecule has 1 aromatic heterocycles. The second-order valence-corrected chi connectivity index (χ2v) is 4.70. The van der Waals surface area contributed by atoms with Gasteiger partial charge in [0.05, 0.1) is 19.4 Å². The number of benzene rings is 1. The van der Waals surface area contributed by atoms with Crippen molar-refractivity contribution in [2.75, 3.05) is 13.2 Å². The molecule has 0 fully saturated rings. The van der Waals surface area contributed by atoms with Gasteiger partial charge in [0.2, 0.25) is 0 Å². The first-order chi connectivity index (χ1) is 10.7. The molecule has 1 heterocycles. The molecular formula is C16H19FN2O3. The maximum absolute atomic E-state index is 12.7. The Kier molecular flexibility index (Phi) is 6.29. The topological polar surface area (TPSA) is 63.5 Å². The minimum Gasteiger partial charge on any atom is -0.494 e. The van der Waals surface area contributed by atoms with Crippen LogP contribution in [0.15, 0.2) is 47.1 Å². The third-order valence-electron chi connectivity index (χ3n) is 2.94. The van der Waals surface area contributed by atoms with Crippen LogP contribution in [0.2, 0.25) is 0 Å². The van der Waals surface area contributed by atoms with Gasteiger partial charge in [0.15, 0.2) is 0 Å². The van der Waals surface area contributed by atoms with Crippen molar-refractivity contribution in [3.8, 4) is 5.75 Å². The van der Waals surface area contributed by atoms with Crippen LogP contribution >= 0.6 is 0 Å². The van der Waals surface area contributed by atoms with Crippen molar-refractivity contribution in [2.45, 2.75) is 19.4 Å². The molecule has 118 valence electrons. The number of carbonyl (C=O) groups is 1. The largest absolute Gasteiger partial charge is 0.494 e. The first kappa shape index (κ1) is 15.9. The van der Waals surface area contributed by atoms with Gasteiger partial charge in [0.25, 0.3) is 0 Å². The van der Waals surface area contributed by atoms with Gasteiger partial charge in [-0.15, -0.1) is 0 Å². The molecular weight excluding hydrogens is 287 g/mol. The molecule has 2 aromatic rings. The summed E-state index contributed by atoms with van der Waals surface area (Å²) in [6, 6.07) is 9.26. The van der Waals surface area contributed by atoms with Crippen molar-refractivity contribution in [1.29, 1.82) is 0 Å². The van der Waals surface area contributed by atoms with Crippen molar-refractivity contribution in [1.82, 2.24) is 10.6 Å². The molecule has 1 aromatic carbocycles. The Hall–Kier alpha value is -2.50. The van der Waals surface area contributed by atoms with E-state index in [-0.39, 0.29) is 11.8 Å². The van der Waals surface area contributed by atoms with Crippen molar-refractivity contribution in [3.63, 3.8) is 0 Å². The highest BCUT2D eigenvalue weighted by molar-refractivity contribution is 5.73. The molecule has 0 aliphatic heterocycles. The van der Waals surface area contributed by atoms with Crippen LogP contribution in [-0.4, -0.2) is 19.2 Å². The molecule has 2 N–H and O–H groups in total. The van der Waals surface area contributed by atoms with Gasteiger partial charge in [0, 0.05) is 6.54 Å². The van der Waals surface area contributed by atoms with Gasteiger partial charge in [-0.2, -0.15) is 0 Å². The number of urea groups is 1. The van der Waals surface area contributed by atoms with E-state index in [2.05, 4.69) is 10.6 Å². The van der Waals surface area contributed by atoms with Crippen LogP contribution in [0, 0.1) is 5.82 Å². The molecule has 0 saturated heterocycles. The van der Waals surface area contributed by atoms with Crippen molar-refractivity contribution >= 4 is 6.03 Å². The molecule has 0 unspecified atom stereocenters. The van der Waals surface area contributed by atoms with E-state index < -0.39 is 0 Å². The standard InChI is InChI=1S/C16H19FN2O3/c17-13-5-7-14(8-6-13)21-10-2-1-9-18-16(20)19-12-15-4-3-11-22-15/h3-8,11H,1-2,9-10,12H2,(H2,18,19,20). The van der Waals surface area contributed by atoms with Gasteiger partial charge < -0.3 is 19.8 Å². The smallest absolute Gasteiger partial charge is 0.315 e. The predicted molar refractivity (Wildman–Crippen MR) is 80.1 cm³/mol. The number of ether oxygens (including phenoxy) is 1. The predicted octanol–water partition coefficient (Wildman–Crippen LogP) is 3.08. The molecule has 5 nitrogen and oxygen atoms in total. The zero-order chi connectivity index (χ0) is 15.6. The highest BCUT2D eigenvalue weighted by Gasteiger charge is 2.01. The quantitative estimate of drug-likeness (QED) is 0.737. The Balaban J connectivity index is 1.48. The molecule has 0 aliphatic carbocycles. The number of hydrogen-bond donors (Lipinski definition) is 2. The Bertz CT molecular complexity index is 555. The molecule has 0 saturated carbocycles.